The molecule has 0 atom stereocenters. The molecule has 0 aliphatic rings. The second-order valence-corrected chi connectivity index (χ2v) is 11.0. The fraction of sp³-hybridized carbons (Fsp3) is 0.538. The summed E-state index contributed by atoms with van der Waals surface area (Å²) in [5, 5.41) is 10.6. The molecule has 0 unspecified atom stereocenters. The van der Waals surface area contributed by atoms with E-state index < -0.39 is 16.8 Å². The van der Waals surface area contributed by atoms with Gasteiger partial charge in [-0.2, -0.15) is 0 Å². The van der Waals surface area contributed by atoms with E-state index in [0.717, 1.165) is 5.56 Å². The van der Waals surface area contributed by atoms with Gasteiger partial charge in [-0.15, -0.1) is 0 Å². The number of alkyl halides is 9. The van der Waals surface area contributed by atoms with Crippen LogP contribution < -0.4 is 0 Å². The van der Waals surface area contributed by atoms with Gasteiger partial charge in [0.15, 0.2) is 8.67 Å². The Morgan fingerprint density at radius 3 is 1.87 bits per heavy atom. The zero-order valence-corrected chi connectivity index (χ0v) is 18.0. The molecule has 0 aliphatic carbocycles. The minimum absolute atomic E-state index is 0.203. The monoisotopic (exact) mass is 497 g/mol. The molecule has 0 heterocycles. The average Bonchev–Trinajstić information content (AvgIpc) is 2.43. The van der Waals surface area contributed by atoms with Gasteiger partial charge in [-0.1, -0.05) is 129 Å². The van der Waals surface area contributed by atoms with Crippen molar-refractivity contribution < 1.29 is 5.11 Å². The van der Waals surface area contributed by atoms with Gasteiger partial charge in [0.25, 0.3) is 0 Å². The smallest absolute Gasteiger partial charge is 0.226 e. The van der Waals surface area contributed by atoms with Crippen LogP contribution in [-0.4, -0.2) is 19.1 Å². The SMILES string of the molecule is [O]CCCc1cccc(C(Cl)(Cl)C(Cl)(Cl)C(Cl)(Cl)C(Cl)(Cl)Cl)c1. The first-order valence-electron chi connectivity index (χ1n) is 6.16. The van der Waals surface area contributed by atoms with Crippen LogP contribution in [0.3, 0.4) is 0 Å². The first-order chi connectivity index (χ1) is 10.3. The second-order valence-electron chi connectivity index (χ2n) is 4.73. The summed E-state index contributed by atoms with van der Waals surface area (Å²) in [4.78, 5) is 0. The van der Waals surface area contributed by atoms with E-state index in [9.17, 15) is 5.11 Å². The van der Waals surface area contributed by atoms with E-state index in [-0.39, 0.29) is 6.61 Å². The van der Waals surface area contributed by atoms with Crippen LogP contribution in [0, 0.1) is 0 Å². The highest BCUT2D eigenvalue weighted by Gasteiger charge is 2.68. The molecule has 0 saturated heterocycles. The van der Waals surface area contributed by atoms with Gasteiger partial charge in [-0.05, 0) is 24.0 Å². The molecule has 23 heavy (non-hydrogen) atoms. The molecule has 131 valence electrons. The first-order valence-corrected chi connectivity index (χ1v) is 9.57. The summed E-state index contributed by atoms with van der Waals surface area (Å²) < 4.78 is -8.89. The van der Waals surface area contributed by atoms with Crippen LogP contribution in [-0.2, 0) is 15.9 Å². The maximum Gasteiger partial charge on any atom is 0.226 e. The van der Waals surface area contributed by atoms with Gasteiger partial charge < -0.3 is 0 Å². The Kier molecular flexibility index (Phi) is 8.15. The normalized spacial score (nSPS) is 14.2. The van der Waals surface area contributed by atoms with Crippen LogP contribution in [0.15, 0.2) is 24.3 Å². The summed E-state index contributed by atoms with van der Waals surface area (Å²) in [6.45, 7) is -0.203. The third kappa shape index (κ3) is 4.75. The van der Waals surface area contributed by atoms with Gasteiger partial charge in [0.05, 0.1) is 6.61 Å². The highest BCUT2D eigenvalue weighted by molar-refractivity contribution is 6.80. The van der Waals surface area contributed by atoms with Crippen molar-refractivity contribution in [3.05, 3.63) is 35.4 Å². The molecular formula is C13H10Cl9O. The number of hydrogen-bond donors (Lipinski definition) is 0. The van der Waals surface area contributed by atoms with E-state index >= 15 is 0 Å². The summed E-state index contributed by atoms with van der Waals surface area (Å²) in [5.74, 6) is 0. The van der Waals surface area contributed by atoms with Crippen LogP contribution in [0.1, 0.15) is 17.5 Å². The molecule has 0 aliphatic heterocycles. The van der Waals surface area contributed by atoms with Crippen LogP contribution >= 0.6 is 104 Å². The van der Waals surface area contributed by atoms with Gasteiger partial charge in [0.1, 0.15) is 0 Å². The van der Waals surface area contributed by atoms with Crippen molar-refractivity contribution in [2.45, 2.75) is 29.6 Å². The van der Waals surface area contributed by atoms with Crippen LogP contribution in [0.5, 0.6) is 0 Å². The van der Waals surface area contributed by atoms with E-state index in [1.165, 1.54) is 0 Å². The lowest BCUT2D eigenvalue weighted by Gasteiger charge is -2.44. The van der Waals surface area contributed by atoms with Crippen LogP contribution in [0.4, 0.5) is 0 Å². The number of rotatable bonds is 6. The summed E-state index contributed by atoms with van der Waals surface area (Å²) in [6, 6.07) is 6.69. The van der Waals surface area contributed by atoms with E-state index in [1.54, 1.807) is 24.3 Å². The topological polar surface area (TPSA) is 19.9 Å². The Bertz CT molecular complexity index is 536. The fourth-order valence-corrected chi connectivity index (χ4v) is 3.97. The van der Waals surface area contributed by atoms with E-state index in [2.05, 4.69) is 0 Å². The standard InChI is InChI=1S/C13H10Cl9O/c14-10(15,11(16,17)12(18,19)13(20,21)22)9-5-1-3-8(7-9)4-2-6-23/h1,3,5,7H,2,4,6H2. The summed E-state index contributed by atoms with van der Waals surface area (Å²) in [5.41, 5.74) is 1.12. The predicted octanol–water partition coefficient (Wildman–Crippen LogP) is 7.40. The Labute approximate surface area is 180 Å². The Balaban J connectivity index is 3.29. The van der Waals surface area contributed by atoms with Crippen LogP contribution in [0.25, 0.3) is 0 Å². The van der Waals surface area contributed by atoms with E-state index in [0.29, 0.717) is 18.4 Å². The largest absolute Gasteiger partial charge is 0.237 e. The lowest BCUT2D eigenvalue weighted by Crippen LogP contribution is -2.54. The molecule has 0 bridgehead atoms. The molecule has 1 aromatic rings. The lowest BCUT2D eigenvalue weighted by molar-refractivity contribution is 0.189. The van der Waals surface area contributed by atoms with Crippen molar-refractivity contribution in [3.63, 3.8) is 0 Å². The van der Waals surface area contributed by atoms with E-state index in [1.807, 2.05) is 0 Å². The van der Waals surface area contributed by atoms with E-state index in [4.69, 9.17) is 104 Å². The molecular weight excluding hydrogens is 491 g/mol. The van der Waals surface area contributed by atoms with Gasteiger partial charge in [-0.3, -0.25) is 0 Å². The highest BCUT2D eigenvalue weighted by atomic mass is 35.6. The zero-order valence-electron chi connectivity index (χ0n) is 11.2. The number of hydrogen-bond acceptors (Lipinski definition) is 0. The van der Waals surface area contributed by atoms with Crippen molar-refractivity contribution in [2.24, 2.45) is 0 Å². The van der Waals surface area contributed by atoms with Crippen molar-refractivity contribution in [2.75, 3.05) is 6.61 Å². The van der Waals surface area contributed by atoms with Gasteiger partial charge >= 0.3 is 0 Å². The summed E-state index contributed by atoms with van der Waals surface area (Å²) >= 11 is 54.5. The zero-order chi connectivity index (χ0) is 18.1. The quantitative estimate of drug-likeness (QED) is 0.362. The highest BCUT2D eigenvalue weighted by Crippen LogP contribution is 2.65. The Hall–Kier alpha value is 1.79. The minimum Gasteiger partial charge on any atom is -0.237 e. The Morgan fingerprint density at radius 2 is 1.39 bits per heavy atom. The Morgan fingerprint density at radius 1 is 0.826 bits per heavy atom. The molecule has 1 radical (unpaired) electrons. The first kappa shape index (κ1) is 22.8. The third-order valence-electron chi connectivity index (χ3n) is 3.04. The maximum absolute atomic E-state index is 10.6. The maximum atomic E-state index is 10.6. The van der Waals surface area contributed by atoms with Gasteiger partial charge in [0, 0.05) is 0 Å². The third-order valence-corrected chi connectivity index (χ3v) is 8.52. The summed E-state index contributed by atoms with van der Waals surface area (Å²) in [7, 11) is 0. The number of benzene rings is 1. The molecule has 0 N–H and O–H groups in total. The molecule has 0 saturated carbocycles. The molecule has 0 spiro atoms. The van der Waals surface area contributed by atoms with Crippen molar-refractivity contribution >= 4 is 104 Å². The van der Waals surface area contributed by atoms with Crippen molar-refractivity contribution in [1.29, 1.82) is 0 Å². The lowest BCUT2D eigenvalue weighted by atomic mass is 10.0. The van der Waals surface area contributed by atoms with Crippen LogP contribution in [0.2, 0.25) is 0 Å². The molecule has 0 fully saturated rings. The molecule has 0 aromatic heterocycles. The average molecular weight is 501 g/mol. The molecule has 1 aromatic carbocycles. The molecule has 10 heteroatoms. The number of aryl methyl sites for hydroxylation is 1. The molecule has 1 nitrogen and oxygen atoms in total. The minimum atomic E-state index is -2.33. The van der Waals surface area contributed by atoms with Gasteiger partial charge in [-0.25, -0.2) is 5.11 Å². The second kappa shape index (κ2) is 8.21. The fourth-order valence-electron chi connectivity index (χ4n) is 1.75. The molecule has 1 rings (SSSR count). The van der Waals surface area contributed by atoms with Crippen molar-refractivity contribution in [3.8, 4) is 0 Å². The number of halogens is 9. The molecule has 0 amide bonds. The predicted molar refractivity (Wildman–Crippen MR) is 103 cm³/mol. The van der Waals surface area contributed by atoms with Crippen molar-refractivity contribution in [1.82, 2.24) is 0 Å². The van der Waals surface area contributed by atoms with Gasteiger partial charge in [0.2, 0.25) is 8.13 Å². The summed E-state index contributed by atoms with van der Waals surface area (Å²) in [6.07, 6.45) is 0.993.